The smallest absolute Gasteiger partial charge is 0.248 e. The molecular formula is C23H26N6O. The Hall–Kier alpha value is -3.61. The van der Waals surface area contributed by atoms with Crippen molar-refractivity contribution in [2.75, 3.05) is 23.9 Å². The monoisotopic (exact) mass is 402 g/mol. The molecular weight excluding hydrogens is 376 g/mol. The number of anilines is 3. The number of hydrogen-bond donors (Lipinski definition) is 1. The third-order valence-electron chi connectivity index (χ3n) is 4.84. The molecule has 1 aliphatic rings. The Kier molecular flexibility index (Phi) is 5.52. The SMILES string of the molecule is COc1cc(Nc2nc(N3C=CC=CC3)n(C(C)C)n2)ccc1-c1ccnc(C)c1. The van der Waals surface area contributed by atoms with Crippen molar-refractivity contribution < 1.29 is 4.74 Å². The Morgan fingerprint density at radius 3 is 2.70 bits per heavy atom. The first-order valence-electron chi connectivity index (χ1n) is 10.00. The fourth-order valence-corrected chi connectivity index (χ4v) is 3.38. The Balaban J connectivity index is 1.63. The minimum atomic E-state index is 0.189. The predicted molar refractivity (Wildman–Crippen MR) is 120 cm³/mol. The molecule has 30 heavy (non-hydrogen) atoms. The summed E-state index contributed by atoms with van der Waals surface area (Å²) in [4.78, 5) is 11.1. The first-order chi connectivity index (χ1) is 14.5. The summed E-state index contributed by atoms with van der Waals surface area (Å²) in [5.74, 6) is 2.14. The molecule has 3 heterocycles. The lowest BCUT2D eigenvalue weighted by Crippen LogP contribution is -2.22. The van der Waals surface area contributed by atoms with Crippen LogP contribution in [0.25, 0.3) is 11.1 Å². The lowest BCUT2D eigenvalue weighted by atomic mass is 10.0. The van der Waals surface area contributed by atoms with Crippen LogP contribution in [0.15, 0.2) is 61.0 Å². The van der Waals surface area contributed by atoms with Crippen molar-refractivity contribution >= 4 is 17.6 Å². The van der Waals surface area contributed by atoms with E-state index in [2.05, 4.69) is 40.2 Å². The Bertz CT molecular complexity index is 1100. The van der Waals surface area contributed by atoms with Crippen molar-refractivity contribution in [3.05, 3.63) is 66.7 Å². The second-order valence-corrected chi connectivity index (χ2v) is 7.42. The van der Waals surface area contributed by atoms with Crippen LogP contribution in [0.5, 0.6) is 5.75 Å². The van der Waals surface area contributed by atoms with E-state index in [1.165, 1.54) is 0 Å². The average Bonchev–Trinajstić information content (AvgIpc) is 3.18. The van der Waals surface area contributed by atoms with Crippen molar-refractivity contribution in [2.24, 2.45) is 0 Å². The minimum absolute atomic E-state index is 0.189. The van der Waals surface area contributed by atoms with Crippen LogP contribution in [-0.4, -0.2) is 33.4 Å². The highest BCUT2D eigenvalue weighted by Crippen LogP contribution is 2.33. The molecule has 0 aliphatic carbocycles. The molecule has 1 N–H and O–H groups in total. The number of methoxy groups -OCH3 is 1. The van der Waals surface area contributed by atoms with Gasteiger partial charge in [0.15, 0.2) is 0 Å². The number of ether oxygens (including phenoxy) is 1. The molecule has 1 aliphatic heterocycles. The van der Waals surface area contributed by atoms with Crippen LogP contribution >= 0.6 is 0 Å². The van der Waals surface area contributed by atoms with Gasteiger partial charge in [0.1, 0.15) is 5.75 Å². The van der Waals surface area contributed by atoms with Crippen LogP contribution in [0, 0.1) is 6.92 Å². The van der Waals surface area contributed by atoms with Crippen molar-refractivity contribution in [3.8, 4) is 16.9 Å². The number of nitrogens with one attached hydrogen (secondary N) is 1. The summed E-state index contributed by atoms with van der Waals surface area (Å²) in [7, 11) is 1.68. The number of allylic oxidation sites excluding steroid dienone is 2. The highest BCUT2D eigenvalue weighted by molar-refractivity contribution is 5.74. The number of hydrogen-bond acceptors (Lipinski definition) is 6. The summed E-state index contributed by atoms with van der Waals surface area (Å²) in [5, 5.41) is 7.99. The molecule has 0 atom stereocenters. The average molecular weight is 403 g/mol. The Labute approximate surface area is 176 Å². The predicted octanol–water partition coefficient (Wildman–Crippen LogP) is 4.87. The van der Waals surface area contributed by atoms with E-state index >= 15 is 0 Å². The van der Waals surface area contributed by atoms with Crippen LogP contribution in [0.3, 0.4) is 0 Å². The van der Waals surface area contributed by atoms with Crippen LogP contribution in [0.4, 0.5) is 17.6 Å². The van der Waals surface area contributed by atoms with Gasteiger partial charge < -0.3 is 15.0 Å². The lowest BCUT2D eigenvalue weighted by molar-refractivity contribution is 0.416. The van der Waals surface area contributed by atoms with E-state index in [1.807, 2.05) is 66.5 Å². The molecule has 0 spiro atoms. The van der Waals surface area contributed by atoms with Gasteiger partial charge in [-0.1, -0.05) is 12.2 Å². The second kappa shape index (κ2) is 8.41. The first kappa shape index (κ1) is 19.7. The van der Waals surface area contributed by atoms with Gasteiger partial charge in [0, 0.05) is 42.0 Å². The van der Waals surface area contributed by atoms with Gasteiger partial charge in [-0.25, -0.2) is 4.68 Å². The Morgan fingerprint density at radius 1 is 1.13 bits per heavy atom. The van der Waals surface area contributed by atoms with E-state index < -0.39 is 0 Å². The van der Waals surface area contributed by atoms with Crippen molar-refractivity contribution in [1.29, 1.82) is 0 Å². The summed E-state index contributed by atoms with van der Waals surface area (Å²) >= 11 is 0. The van der Waals surface area contributed by atoms with Crippen molar-refractivity contribution in [1.82, 2.24) is 19.7 Å². The number of aromatic nitrogens is 4. The van der Waals surface area contributed by atoms with E-state index in [-0.39, 0.29) is 6.04 Å². The number of aryl methyl sites for hydroxylation is 1. The maximum Gasteiger partial charge on any atom is 0.248 e. The molecule has 0 amide bonds. The van der Waals surface area contributed by atoms with E-state index in [0.717, 1.165) is 40.8 Å². The molecule has 0 bridgehead atoms. The van der Waals surface area contributed by atoms with Crippen LogP contribution in [0.1, 0.15) is 25.6 Å². The number of benzene rings is 1. The summed E-state index contributed by atoms with van der Waals surface area (Å²) in [6.45, 7) is 6.95. The van der Waals surface area contributed by atoms with E-state index in [1.54, 1.807) is 7.11 Å². The second-order valence-electron chi connectivity index (χ2n) is 7.42. The number of pyridine rings is 1. The summed E-state index contributed by atoms with van der Waals surface area (Å²) in [6.07, 6.45) is 9.95. The van der Waals surface area contributed by atoms with Gasteiger partial charge in [0.25, 0.3) is 0 Å². The van der Waals surface area contributed by atoms with E-state index in [9.17, 15) is 0 Å². The fourth-order valence-electron chi connectivity index (χ4n) is 3.38. The van der Waals surface area contributed by atoms with Gasteiger partial charge in [-0.15, -0.1) is 5.10 Å². The van der Waals surface area contributed by atoms with Gasteiger partial charge in [-0.3, -0.25) is 4.98 Å². The molecule has 0 saturated carbocycles. The van der Waals surface area contributed by atoms with Gasteiger partial charge in [0.2, 0.25) is 11.9 Å². The number of nitrogens with zero attached hydrogens (tertiary/aromatic N) is 5. The summed E-state index contributed by atoms with van der Waals surface area (Å²) < 4.78 is 7.58. The lowest BCUT2D eigenvalue weighted by Gasteiger charge is -2.20. The van der Waals surface area contributed by atoms with Crippen molar-refractivity contribution in [3.63, 3.8) is 0 Å². The normalized spacial score (nSPS) is 13.2. The van der Waals surface area contributed by atoms with E-state index in [4.69, 9.17) is 9.72 Å². The Morgan fingerprint density at radius 2 is 2.00 bits per heavy atom. The third kappa shape index (κ3) is 4.05. The fraction of sp³-hybridized carbons (Fsp3) is 0.261. The zero-order chi connectivity index (χ0) is 21.1. The van der Waals surface area contributed by atoms with Gasteiger partial charge in [-0.2, -0.15) is 4.98 Å². The minimum Gasteiger partial charge on any atom is -0.496 e. The van der Waals surface area contributed by atoms with E-state index in [0.29, 0.717) is 5.95 Å². The van der Waals surface area contributed by atoms with Gasteiger partial charge >= 0.3 is 0 Å². The zero-order valence-electron chi connectivity index (χ0n) is 17.7. The molecule has 0 radical (unpaired) electrons. The standard InChI is InChI=1S/C23H26N6O/c1-16(2)29-23(28-12-6-5-7-13-28)26-22(27-29)25-19-8-9-20(21(15-19)30-4)18-10-11-24-17(3)14-18/h5-12,14-16H,13H2,1-4H3,(H,25,27). The molecule has 154 valence electrons. The molecule has 7 heteroatoms. The summed E-state index contributed by atoms with van der Waals surface area (Å²) in [5.41, 5.74) is 3.91. The molecule has 3 aromatic rings. The van der Waals surface area contributed by atoms with Gasteiger partial charge in [-0.05, 0) is 56.7 Å². The number of rotatable bonds is 6. The molecule has 4 rings (SSSR count). The maximum absolute atomic E-state index is 5.65. The highest BCUT2D eigenvalue weighted by Gasteiger charge is 2.18. The quantitative estimate of drug-likeness (QED) is 0.634. The highest BCUT2D eigenvalue weighted by atomic mass is 16.5. The third-order valence-corrected chi connectivity index (χ3v) is 4.84. The molecule has 0 fully saturated rings. The topological polar surface area (TPSA) is 68.1 Å². The van der Waals surface area contributed by atoms with Crippen LogP contribution < -0.4 is 15.0 Å². The summed E-state index contributed by atoms with van der Waals surface area (Å²) in [6, 6.07) is 10.2. The van der Waals surface area contributed by atoms with Crippen molar-refractivity contribution in [2.45, 2.75) is 26.8 Å². The van der Waals surface area contributed by atoms with Gasteiger partial charge in [0.05, 0.1) is 13.2 Å². The van der Waals surface area contributed by atoms with Crippen LogP contribution in [-0.2, 0) is 0 Å². The zero-order valence-corrected chi connectivity index (χ0v) is 17.7. The molecule has 7 nitrogen and oxygen atoms in total. The molecule has 0 unspecified atom stereocenters. The first-order valence-corrected chi connectivity index (χ1v) is 10.00. The largest absolute Gasteiger partial charge is 0.496 e. The maximum atomic E-state index is 5.65. The van der Waals surface area contributed by atoms with Crippen LogP contribution in [0.2, 0.25) is 0 Å². The molecule has 0 saturated heterocycles. The molecule has 1 aromatic carbocycles. The molecule has 2 aromatic heterocycles.